The predicted molar refractivity (Wildman–Crippen MR) is 591 cm³/mol. The monoisotopic (exact) mass is 1840 g/mol. The minimum absolute atomic E-state index is 0.612. The number of pyridine rings is 4. The molecule has 144 heavy (non-hydrogen) atoms. The van der Waals surface area contributed by atoms with Crippen molar-refractivity contribution in [1.29, 1.82) is 0 Å². The number of furan rings is 3. The molecule has 0 amide bonds. The summed E-state index contributed by atoms with van der Waals surface area (Å²) in [5, 5.41) is 13.9. The van der Waals surface area contributed by atoms with E-state index >= 15 is 0 Å². The van der Waals surface area contributed by atoms with Crippen molar-refractivity contribution in [3.63, 3.8) is 0 Å². The Kier molecular flexibility index (Phi) is 20.6. The van der Waals surface area contributed by atoms with Gasteiger partial charge in [-0.25, -0.2) is 24.9 Å². The van der Waals surface area contributed by atoms with Crippen molar-refractivity contribution in [2.45, 2.75) is 0 Å². The molecule has 0 saturated heterocycles. The summed E-state index contributed by atoms with van der Waals surface area (Å²) in [6, 6.07) is 168. The van der Waals surface area contributed by atoms with E-state index in [1.54, 1.807) is 0 Å². The van der Waals surface area contributed by atoms with Gasteiger partial charge >= 0.3 is 0 Å². The van der Waals surface area contributed by atoms with Crippen LogP contribution >= 0.6 is 0 Å². The molecule has 0 aliphatic carbocycles. The van der Waals surface area contributed by atoms with Crippen LogP contribution in [-0.4, -0.2) is 43.6 Å². The fourth-order valence-corrected chi connectivity index (χ4v) is 20.8. The normalized spacial score (nSPS) is 11.6. The summed E-state index contributed by atoms with van der Waals surface area (Å²) in [4.78, 5) is 29.7. The third-order valence-corrected chi connectivity index (χ3v) is 27.8. The van der Waals surface area contributed by atoms with Gasteiger partial charge in [-0.1, -0.05) is 309 Å². The molecule has 0 aliphatic heterocycles. The Balaban J connectivity index is 0.000000108. The smallest absolute Gasteiger partial charge is 0.234 e. The summed E-state index contributed by atoms with van der Waals surface area (Å²) >= 11 is 0. The Morgan fingerprint density at radius 3 is 0.854 bits per heavy atom. The number of rotatable bonds is 14. The summed E-state index contributed by atoms with van der Waals surface area (Å²) in [5.74, 6) is 1.49. The van der Waals surface area contributed by atoms with Crippen LogP contribution in [0.5, 0.6) is 0 Å². The van der Waals surface area contributed by atoms with Crippen LogP contribution in [0, 0.1) is 0 Å². The first-order chi connectivity index (χ1) is 71.3. The Morgan fingerprint density at radius 2 is 0.438 bits per heavy atom. The highest BCUT2D eigenvalue weighted by molar-refractivity contribution is 6.15. The van der Waals surface area contributed by atoms with Crippen LogP contribution in [0.2, 0.25) is 0 Å². The summed E-state index contributed by atoms with van der Waals surface area (Å²) in [5.41, 5.74) is 36.7. The molecular formula is C132H83N9O3. The van der Waals surface area contributed by atoms with Gasteiger partial charge in [0, 0.05) is 123 Å². The maximum Gasteiger partial charge on any atom is 0.234 e. The first-order valence-electron chi connectivity index (χ1n) is 48.4. The number of hydrogen-bond donors (Lipinski definition) is 0. The van der Waals surface area contributed by atoms with Crippen LogP contribution < -0.4 is 0 Å². The Morgan fingerprint density at radius 1 is 0.153 bits per heavy atom. The lowest BCUT2D eigenvalue weighted by molar-refractivity contribution is 0.668. The Labute approximate surface area is 826 Å². The average Bonchev–Trinajstić information content (AvgIpc) is 1.71. The standard InChI is InChI=1S/C47H30N2O.C45H28N4O.C40H25N3O/c1-3-11-31(12-4-1)36-29-42(32-13-5-2-6-14-32)48-43(30-36)33-19-23-37(24-20-33)49-44-17-9-7-15-38(44)40-27-34(21-25-45(40)49)35-22-26-47-41(28-35)39-16-8-10-18-46(39)50-47;1-3-11-29(12-4-1)33-25-39(30-13-5-2-6-14-30)48-40(26-33)34-27-46-45(47-28-34)49-41-17-9-7-15-35(41)37-23-31(19-21-42(37)49)32-20-22-44-38(24-32)36-16-8-10-18-43(36)50-44;1-2-8-26(9-3-1)29-20-21-41-35(24-29)30-16-19-40(42-25-30)43-36-12-6-4-10-31(36)33-22-27(14-17-37(33)43)28-15-18-39-34(23-28)32-11-5-7-13-38(32)44-39/h1-30H;1-28H;1-25H. The van der Waals surface area contributed by atoms with Crippen molar-refractivity contribution in [3.05, 3.63) is 504 Å². The number of fused-ring (bicyclic) bond motifs is 18. The van der Waals surface area contributed by atoms with Crippen molar-refractivity contribution in [1.82, 2.24) is 43.6 Å². The van der Waals surface area contributed by atoms with Gasteiger partial charge in [-0.3, -0.25) is 14.1 Å². The van der Waals surface area contributed by atoms with Gasteiger partial charge in [0.2, 0.25) is 5.95 Å². The van der Waals surface area contributed by atoms with Gasteiger partial charge in [-0.2, -0.15) is 0 Å². The summed E-state index contributed by atoms with van der Waals surface area (Å²) in [6.45, 7) is 0. The van der Waals surface area contributed by atoms with Crippen LogP contribution in [0.1, 0.15) is 0 Å². The molecule has 11 heterocycles. The quantitative estimate of drug-likeness (QED) is 0.104. The van der Waals surface area contributed by atoms with E-state index in [0.29, 0.717) is 5.95 Å². The van der Waals surface area contributed by atoms with Crippen molar-refractivity contribution in [3.8, 4) is 141 Å². The number of benzene rings is 18. The van der Waals surface area contributed by atoms with Crippen molar-refractivity contribution in [2.24, 2.45) is 0 Å². The highest BCUT2D eigenvalue weighted by atomic mass is 16.3. The minimum Gasteiger partial charge on any atom is -0.456 e. The lowest BCUT2D eigenvalue weighted by atomic mass is 10.00. The molecule has 29 rings (SSSR count). The maximum absolute atomic E-state index is 6.10. The molecule has 0 spiro atoms. The SMILES string of the molecule is c1ccc(-c2cc(-c3ccccc3)nc(-c3ccc(-n4c5ccccc5c5cc(-c6ccc7oc8ccccc8c7c6)ccc54)cc3)c2)cc1.c1ccc(-c2cc(-c3ccccc3)nc(-c3cnc(-n4c5ccccc5c5cc(-c6ccc7oc8ccccc8c7c6)ccc54)nc3)c2)cc1.c1ccc(-c2ccnc(-c3ccc(-n4c5ccccc5c5cc(-c6ccc7oc8ccccc8c7c6)ccc54)nc3)c2)cc1. The molecule has 0 fully saturated rings. The Hall–Kier alpha value is -19.6. The van der Waals surface area contributed by atoms with E-state index in [4.69, 9.17) is 38.2 Å². The van der Waals surface area contributed by atoms with E-state index in [9.17, 15) is 0 Å². The predicted octanol–water partition coefficient (Wildman–Crippen LogP) is 34.8. The molecule has 29 aromatic rings. The van der Waals surface area contributed by atoms with Gasteiger partial charge in [0.25, 0.3) is 0 Å². The van der Waals surface area contributed by atoms with E-state index in [0.717, 1.165) is 205 Å². The molecular weight excluding hydrogens is 1760 g/mol. The molecule has 0 radical (unpaired) electrons. The number of nitrogens with zero attached hydrogens (tertiary/aromatic N) is 9. The fourth-order valence-electron chi connectivity index (χ4n) is 20.8. The molecule has 674 valence electrons. The third kappa shape index (κ3) is 15.2. The zero-order valence-electron chi connectivity index (χ0n) is 77.7. The van der Waals surface area contributed by atoms with Gasteiger partial charge in [0.15, 0.2) is 0 Å². The van der Waals surface area contributed by atoms with Crippen LogP contribution in [0.25, 0.3) is 272 Å². The van der Waals surface area contributed by atoms with Gasteiger partial charge < -0.3 is 17.8 Å². The van der Waals surface area contributed by atoms with Crippen molar-refractivity contribution in [2.75, 3.05) is 0 Å². The largest absolute Gasteiger partial charge is 0.456 e. The van der Waals surface area contributed by atoms with E-state index in [-0.39, 0.29) is 0 Å². The van der Waals surface area contributed by atoms with Crippen LogP contribution in [-0.2, 0) is 0 Å². The molecule has 0 N–H and O–H groups in total. The zero-order chi connectivity index (χ0) is 95.1. The van der Waals surface area contributed by atoms with Crippen LogP contribution in [0.3, 0.4) is 0 Å². The lowest BCUT2D eigenvalue weighted by Crippen LogP contribution is -2.01. The van der Waals surface area contributed by atoms with Gasteiger partial charge in [-0.05, 0) is 237 Å². The van der Waals surface area contributed by atoms with Crippen LogP contribution in [0.4, 0.5) is 0 Å². The van der Waals surface area contributed by atoms with E-state index in [1.807, 2.05) is 104 Å². The zero-order valence-corrected chi connectivity index (χ0v) is 77.7. The molecule has 0 unspecified atom stereocenters. The summed E-state index contributed by atoms with van der Waals surface area (Å²) < 4.78 is 25.0. The second-order valence-corrected chi connectivity index (χ2v) is 36.4. The van der Waals surface area contributed by atoms with Crippen molar-refractivity contribution >= 4 is 131 Å². The molecule has 12 nitrogen and oxygen atoms in total. The molecule has 11 aromatic heterocycles. The molecule has 0 aliphatic rings. The molecule has 0 bridgehead atoms. The van der Waals surface area contributed by atoms with Gasteiger partial charge in [0.05, 0.1) is 61.6 Å². The number of hydrogen-bond acceptors (Lipinski definition) is 9. The van der Waals surface area contributed by atoms with Gasteiger partial charge in [-0.15, -0.1) is 0 Å². The lowest BCUT2D eigenvalue weighted by Gasteiger charge is -2.12. The van der Waals surface area contributed by atoms with E-state index in [1.165, 1.54) is 60.4 Å². The van der Waals surface area contributed by atoms with Gasteiger partial charge in [0.1, 0.15) is 39.3 Å². The summed E-state index contributed by atoms with van der Waals surface area (Å²) in [7, 11) is 0. The highest BCUT2D eigenvalue weighted by Crippen LogP contribution is 2.45. The number of aromatic nitrogens is 9. The maximum atomic E-state index is 6.10. The fraction of sp³-hybridized carbons (Fsp3) is 0. The average molecular weight is 1840 g/mol. The van der Waals surface area contributed by atoms with E-state index in [2.05, 4.69) is 419 Å². The first-order valence-corrected chi connectivity index (χ1v) is 48.4. The topological polar surface area (TPSA) is 132 Å². The molecule has 0 saturated carbocycles. The second kappa shape index (κ2) is 35.5. The molecule has 0 atom stereocenters. The minimum atomic E-state index is 0.612. The van der Waals surface area contributed by atoms with Crippen LogP contribution in [0.15, 0.2) is 517 Å². The second-order valence-electron chi connectivity index (χ2n) is 36.4. The Bertz CT molecular complexity index is 9490. The molecule has 12 heteroatoms. The van der Waals surface area contributed by atoms with E-state index < -0.39 is 0 Å². The molecule has 18 aromatic carbocycles. The first kappa shape index (κ1) is 83.8. The number of para-hydroxylation sites is 6. The summed E-state index contributed by atoms with van der Waals surface area (Å²) in [6.07, 6.45) is 7.55. The third-order valence-electron chi connectivity index (χ3n) is 27.8. The highest BCUT2D eigenvalue weighted by Gasteiger charge is 2.23. The van der Waals surface area contributed by atoms with Crippen molar-refractivity contribution < 1.29 is 13.3 Å².